The van der Waals surface area contributed by atoms with Gasteiger partial charge in [0.1, 0.15) is 0 Å². The van der Waals surface area contributed by atoms with Crippen LogP contribution in [0.2, 0.25) is 0 Å². The first-order valence-electron chi connectivity index (χ1n) is 7.91. The van der Waals surface area contributed by atoms with Gasteiger partial charge in [0.2, 0.25) is 0 Å². The number of hydrogen-bond donors (Lipinski definition) is 1. The van der Waals surface area contributed by atoms with Gasteiger partial charge in [-0.05, 0) is 26.1 Å². The molecule has 1 N–H and O–H groups in total. The SMILES string of the molecule is CSC1(CNCCN2CCN(C)CC2)CCCCC1. The summed E-state index contributed by atoms with van der Waals surface area (Å²) in [7, 11) is 2.22. The Balaban J connectivity index is 1.60. The molecule has 1 saturated carbocycles. The Bertz CT molecular complexity index is 246. The summed E-state index contributed by atoms with van der Waals surface area (Å²) in [5.41, 5.74) is 0. The van der Waals surface area contributed by atoms with Gasteiger partial charge in [-0.2, -0.15) is 11.8 Å². The third-order valence-corrected chi connectivity index (χ3v) is 6.26. The van der Waals surface area contributed by atoms with Crippen LogP contribution in [0.3, 0.4) is 0 Å². The summed E-state index contributed by atoms with van der Waals surface area (Å²) in [5.74, 6) is 0. The van der Waals surface area contributed by atoms with Crippen LogP contribution in [-0.4, -0.2) is 73.7 Å². The zero-order valence-corrected chi connectivity index (χ0v) is 13.6. The highest BCUT2D eigenvalue weighted by atomic mass is 32.2. The van der Waals surface area contributed by atoms with E-state index in [4.69, 9.17) is 0 Å². The van der Waals surface area contributed by atoms with E-state index in [0.29, 0.717) is 4.75 Å². The highest BCUT2D eigenvalue weighted by molar-refractivity contribution is 8.00. The summed E-state index contributed by atoms with van der Waals surface area (Å²) in [5, 5.41) is 3.73. The van der Waals surface area contributed by atoms with Crippen LogP contribution < -0.4 is 5.32 Å². The van der Waals surface area contributed by atoms with E-state index in [2.05, 4.69) is 40.2 Å². The average Bonchev–Trinajstić information content (AvgIpc) is 2.46. The number of hydrogen-bond acceptors (Lipinski definition) is 4. The molecular formula is C15H31N3S. The molecule has 0 bridgehead atoms. The maximum absolute atomic E-state index is 3.73. The number of likely N-dealkylation sites (N-methyl/N-ethyl adjacent to an activating group) is 1. The van der Waals surface area contributed by atoms with Crippen LogP contribution in [0.5, 0.6) is 0 Å². The molecule has 0 aromatic rings. The average molecular weight is 286 g/mol. The monoisotopic (exact) mass is 285 g/mol. The number of nitrogens with zero attached hydrogens (tertiary/aromatic N) is 2. The van der Waals surface area contributed by atoms with Crippen LogP contribution in [-0.2, 0) is 0 Å². The van der Waals surface area contributed by atoms with Crippen LogP contribution in [0.25, 0.3) is 0 Å². The number of thioether (sulfide) groups is 1. The van der Waals surface area contributed by atoms with E-state index in [-0.39, 0.29) is 0 Å². The van der Waals surface area contributed by atoms with Crippen LogP contribution in [0.15, 0.2) is 0 Å². The van der Waals surface area contributed by atoms with Crippen molar-refractivity contribution in [2.75, 3.05) is 59.1 Å². The molecule has 0 aromatic heterocycles. The molecule has 1 aliphatic carbocycles. The van der Waals surface area contributed by atoms with Gasteiger partial charge in [-0.3, -0.25) is 4.90 Å². The molecule has 19 heavy (non-hydrogen) atoms. The van der Waals surface area contributed by atoms with E-state index in [1.54, 1.807) is 0 Å². The lowest BCUT2D eigenvalue weighted by atomic mass is 9.88. The molecule has 112 valence electrons. The summed E-state index contributed by atoms with van der Waals surface area (Å²) < 4.78 is 0.542. The fraction of sp³-hybridized carbons (Fsp3) is 1.00. The molecule has 2 fully saturated rings. The summed E-state index contributed by atoms with van der Waals surface area (Å²) in [6.07, 6.45) is 9.43. The minimum atomic E-state index is 0.542. The Morgan fingerprint density at radius 1 is 1.05 bits per heavy atom. The lowest BCUT2D eigenvalue weighted by Crippen LogP contribution is -2.47. The first kappa shape index (κ1) is 15.6. The van der Waals surface area contributed by atoms with Crippen molar-refractivity contribution < 1.29 is 0 Å². The predicted molar refractivity (Wildman–Crippen MR) is 86.1 cm³/mol. The van der Waals surface area contributed by atoms with Gasteiger partial charge in [0.15, 0.2) is 0 Å². The second-order valence-electron chi connectivity index (χ2n) is 6.27. The number of piperazine rings is 1. The summed E-state index contributed by atoms with van der Waals surface area (Å²) in [4.78, 5) is 5.02. The molecule has 3 nitrogen and oxygen atoms in total. The quantitative estimate of drug-likeness (QED) is 0.751. The van der Waals surface area contributed by atoms with E-state index in [9.17, 15) is 0 Å². The first-order valence-corrected chi connectivity index (χ1v) is 9.13. The van der Waals surface area contributed by atoms with E-state index < -0.39 is 0 Å². The molecule has 0 aromatic carbocycles. The van der Waals surface area contributed by atoms with Crippen molar-refractivity contribution in [2.24, 2.45) is 0 Å². The summed E-state index contributed by atoms with van der Waals surface area (Å²) in [6.45, 7) is 8.54. The standard InChI is InChI=1S/C15H31N3S/c1-17-10-12-18(13-11-17)9-8-16-14-15(19-2)6-4-3-5-7-15/h16H,3-14H2,1-2H3. The molecule has 0 unspecified atom stereocenters. The van der Waals surface area contributed by atoms with Crippen LogP contribution in [0.1, 0.15) is 32.1 Å². The minimum absolute atomic E-state index is 0.542. The molecule has 0 radical (unpaired) electrons. The van der Waals surface area contributed by atoms with Gasteiger partial charge in [-0.15, -0.1) is 0 Å². The van der Waals surface area contributed by atoms with Crippen molar-refractivity contribution in [3.05, 3.63) is 0 Å². The van der Waals surface area contributed by atoms with E-state index >= 15 is 0 Å². The van der Waals surface area contributed by atoms with Crippen LogP contribution in [0, 0.1) is 0 Å². The maximum Gasteiger partial charge on any atom is 0.0281 e. The van der Waals surface area contributed by atoms with E-state index in [1.807, 2.05) is 0 Å². The molecule has 0 amide bonds. The minimum Gasteiger partial charge on any atom is -0.314 e. The molecule has 2 rings (SSSR count). The summed E-state index contributed by atoms with van der Waals surface area (Å²) >= 11 is 2.10. The van der Waals surface area contributed by atoms with E-state index in [1.165, 1.54) is 71.4 Å². The van der Waals surface area contributed by atoms with Crippen molar-refractivity contribution in [3.63, 3.8) is 0 Å². The molecule has 4 heteroatoms. The first-order chi connectivity index (χ1) is 9.24. The van der Waals surface area contributed by atoms with Gasteiger partial charge in [0.25, 0.3) is 0 Å². The van der Waals surface area contributed by atoms with Gasteiger partial charge in [0.05, 0.1) is 0 Å². The second-order valence-corrected chi connectivity index (χ2v) is 7.54. The van der Waals surface area contributed by atoms with Gasteiger partial charge in [-0.1, -0.05) is 19.3 Å². The predicted octanol–water partition coefficient (Wildman–Crippen LogP) is 1.89. The Morgan fingerprint density at radius 3 is 2.37 bits per heavy atom. The zero-order chi connectivity index (χ0) is 13.6. The van der Waals surface area contributed by atoms with Gasteiger partial charge in [-0.25, -0.2) is 0 Å². The normalized spacial score (nSPS) is 25.6. The Hall–Kier alpha value is 0.230. The highest BCUT2D eigenvalue weighted by Gasteiger charge is 2.30. The molecular weight excluding hydrogens is 254 g/mol. The third kappa shape index (κ3) is 4.92. The zero-order valence-electron chi connectivity index (χ0n) is 12.8. The lowest BCUT2D eigenvalue weighted by molar-refractivity contribution is 0.154. The second kappa shape index (κ2) is 7.87. The van der Waals surface area contributed by atoms with Crippen molar-refractivity contribution in [1.82, 2.24) is 15.1 Å². The fourth-order valence-electron chi connectivity index (χ4n) is 3.27. The largest absolute Gasteiger partial charge is 0.314 e. The highest BCUT2D eigenvalue weighted by Crippen LogP contribution is 2.37. The number of rotatable bonds is 6. The Labute approximate surface area is 123 Å². The van der Waals surface area contributed by atoms with Gasteiger partial charge < -0.3 is 10.2 Å². The van der Waals surface area contributed by atoms with Crippen LogP contribution in [0.4, 0.5) is 0 Å². The maximum atomic E-state index is 3.73. The Kier molecular flexibility index (Phi) is 6.46. The number of nitrogens with one attached hydrogen (secondary N) is 1. The molecule has 0 spiro atoms. The molecule has 1 aliphatic heterocycles. The fourth-order valence-corrected chi connectivity index (χ4v) is 4.22. The van der Waals surface area contributed by atoms with Gasteiger partial charge in [0, 0.05) is 50.6 Å². The molecule has 0 atom stereocenters. The van der Waals surface area contributed by atoms with Gasteiger partial charge >= 0.3 is 0 Å². The Morgan fingerprint density at radius 2 is 1.74 bits per heavy atom. The van der Waals surface area contributed by atoms with E-state index in [0.717, 1.165) is 6.54 Å². The summed E-state index contributed by atoms with van der Waals surface area (Å²) in [6, 6.07) is 0. The van der Waals surface area contributed by atoms with Crippen LogP contribution >= 0.6 is 11.8 Å². The third-order valence-electron chi connectivity index (χ3n) is 4.85. The topological polar surface area (TPSA) is 18.5 Å². The van der Waals surface area contributed by atoms with Crippen molar-refractivity contribution in [2.45, 2.75) is 36.9 Å². The molecule has 1 heterocycles. The van der Waals surface area contributed by atoms with Crippen molar-refractivity contribution in [1.29, 1.82) is 0 Å². The lowest BCUT2D eigenvalue weighted by Gasteiger charge is -2.36. The van der Waals surface area contributed by atoms with Crippen molar-refractivity contribution in [3.8, 4) is 0 Å². The molecule has 2 aliphatic rings. The molecule has 1 saturated heterocycles. The smallest absolute Gasteiger partial charge is 0.0281 e. The van der Waals surface area contributed by atoms with Crippen molar-refractivity contribution >= 4 is 11.8 Å².